The molecule has 15 heavy (non-hydrogen) atoms. The van der Waals surface area contributed by atoms with Crippen molar-refractivity contribution in [2.45, 2.75) is 44.8 Å². The predicted molar refractivity (Wildman–Crippen MR) is 59.4 cm³/mol. The summed E-state index contributed by atoms with van der Waals surface area (Å²) >= 11 is 0. The maximum Gasteiger partial charge on any atom is 0.222 e. The fraction of sp³-hybridized carbons (Fsp3) is 0.909. The van der Waals surface area contributed by atoms with Crippen molar-refractivity contribution in [3.05, 3.63) is 0 Å². The molecular formula is C11H22N2O2. The number of rotatable bonds is 5. The first-order chi connectivity index (χ1) is 7.15. The van der Waals surface area contributed by atoms with Crippen molar-refractivity contribution in [2.24, 2.45) is 11.7 Å². The lowest BCUT2D eigenvalue weighted by atomic mass is 9.92. The summed E-state index contributed by atoms with van der Waals surface area (Å²) in [7, 11) is 1.96. The van der Waals surface area contributed by atoms with E-state index in [9.17, 15) is 4.79 Å². The number of nitrogens with two attached hydrogens (primary N) is 1. The van der Waals surface area contributed by atoms with E-state index in [2.05, 4.69) is 5.32 Å². The Hall–Kier alpha value is -0.610. The van der Waals surface area contributed by atoms with Crippen molar-refractivity contribution in [1.29, 1.82) is 0 Å². The number of carbonyl (C=O) groups excluding carboxylic acids is 1. The lowest BCUT2D eigenvalue weighted by Crippen LogP contribution is -2.42. The Balaban J connectivity index is 2.32. The van der Waals surface area contributed by atoms with Crippen LogP contribution in [0.25, 0.3) is 0 Å². The summed E-state index contributed by atoms with van der Waals surface area (Å²) in [5.74, 6) is -0.476. The number of hydrogen-bond acceptors (Lipinski definition) is 3. The largest absolute Gasteiger partial charge is 0.376 e. The number of primary amides is 1. The zero-order chi connectivity index (χ0) is 11.3. The predicted octanol–water partition coefficient (Wildman–Crippen LogP) is 0.655. The molecule has 88 valence electrons. The molecule has 1 fully saturated rings. The SMILES string of the molecule is CNC1CCCCC1OCC(C)C(N)=O. The van der Waals surface area contributed by atoms with Crippen molar-refractivity contribution < 1.29 is 9.53 Å². The van der Waals surface area contributed by atoms with E-state index in [0.717, 1.165) is 12.8 Å². The summed E-state index contributed by atoms with van der Waals surface area (Å²) in [6.45, 7) is 2.25. The first kappa shape index (κ1) is 12.5. The van der Waals surface area contributed by atoms with Crippen LogP contribution in [0.5, 0.6) is 0 Å². The highest BCUT2D eigenvalue weighted by Crippen LogP contribution is 2.21. The van der Waals surface area contributed by atoms with E-state index in [1.165, 1.54) is 12.8 Å². The Labute approximate surface area is 91.5 Å². The maximum absolute atomic E-state index is 10.8. The quantitative estimate of drug-likeness (QED) is 0.706. The van der Waals surface area contributed by atoms with Gasteiger partial charge in [0.2, 0.25) is 5.91 Å². The Morgan fingerprint density at radius 3 is 2.80 bits per heavy atom. The number of ether oxygens (including phenoxy) is 1. The average molecular weight is 214 g/mol. The van der Waals surface area contributed by atoms with E-state index in [1.807, 2.05) is 7.05 Å². The molecule has 0 spiro atoms. The molecule has 0 aromatic carbocycles. The van der Waals surface area contributed by atoms with Gasteiger partial charge in [-0.25, -0.2) is 0 Å². The van der Waals surface area contributed by atoms with Crippen molar-refractivity contribution >= 4 is 5.91 Å². The van der Waals surface area contributed by atoms with Crippen LogP contribution in [-0.4, -0.2) is 31.7 Å². The highest BCUT2D eigenvalue weighted by Gasteiger charge is 2.25. The van der Waals surface area contributed by atoms with Gasteiger partial charge in [-0.2, -0.15) is 0 Å². The minimum Gasteiger partial charge on any atom is -0.376 e. The molecule has 3 atom stereocenters. The van der Waals surface area contributed by atoms with Crippen LogP contribution in [0.1, 0.15) is 32.6 Å². The topological polar surface area (TPSA) is 64.3 Å². The van der Waals surface area contributed by atoms with E-state index >= 15 is 0 Å². The maximum atomic E-state index is 10.8. The minimum absolute atomic E-state index is 0.190. The number of likely N-dealkylation sites (N-methyl/N-ethyl adjacent to an activating group) is 1. The van der Waals surface area contributed by atoms with Gasteiger partial charge in [0.1, 0.15) is 0 Å². The van der Waals surface area contributed by atoms with Gasteiger partial charge in [-0.1, -0.05) is 19.8 Å². The Morgan fingerprint density at radius 2 is 2.20 bits per heavy atom. The number of carbonyl (C=O) groups is 1. The Morgan fingerprint density at radius 1 is 1.53 bits per heavy atom. The highest BCUT2D eigenvalue weighted by atomic mass is 16.5. The molecule has 1 rings (SSSR count). The van der Waals surface area contributed by atoms with Crippen LogP contribution >= 0.6 is 0 Å². The second-order valence-electron chi connectivity index (χ2n) is 4.35. The molecule has 0 bridgehead atoms. The van der Waals surface area contributed by atoms with Crippen LogP contribution in [0.2, 0.25) is 0 Å². The van der Waals surface area contributed by atoms with Crippen molar-refractivity contribution in [1.82, 2.24) is 5.32 Å². The number of nitrogens with one attached hydrogen (secondary N) is 1. The monoisotopic (exact) mass is 214 g/mol. The molecule has 1 aliphatic carbocycles. The average Bonchev–Trinajstić information content (AvgIpc) is 2.26. The standard InChI is InChI=1S/C11H22N2O2/c1-8(11(12)14)7-15-10-6-4-3-5-9(10)13-2/h8-10,13H,3-7H2,1-2H3,(H2,12,14). The third-order valence-electron chi connectivity index (χ3n) is 3.12. The molecule has 3 unspecified atom stereocenters. The fourth-order valence-corrected chi connectivity index (χ4v) is 1.98. The van der Waals surface area contributed by atoms with Crippen LogP contribution in [0.3, 0.4) is 0 Å². The summed E-state index contributed by atoms with van der Waals surface area (Å²) in [6, 6.07) is 0.429. The third kappa shape index (κ3) is 3.80. The summed E-state index contributed by atoms with van der Waals surface area (Å²) in [4.78, 5) is 10.8. The van der Waals surface area contributed by atoms with Crippen LogP contribution < -0.4 is 11.1 Å². The van der Waals surface area contributed by atoms with Gasteiger partial charge >= 0.3 is 0 Å². The van der Waals surface area contributed by atoms with Crippen molar-refractivity contribution in [3.63, 3.8) is 0 Å². The van der Waals surface area contributed by atoms with Gasteiger partial charge in [0, 0.05) is 6.04 Å². The number of hydrogen-bond donors (Lipinski definition) is 2. The first-order valence-electron chi connectivity index (χ1n) is 5.73. The summed E-state index contributed by atoms with van der Waals surface area (Å²) < 4.78 is 5.75. The van der Waals surface area contributed by atoms with Gasteiger partial charge in [0.15, 0.2) is 0 Å². The van der Waals surface area contributed by atoms with E-state index in [1.54, 1.807) is 6.92 Å². The third-order valence-corrected chi connectivity index (χ3v) is 3.12. The molecule has 1 saturated carbocycles. The molecule has 0 aliphatic heterocycles. The molecule has 0 saturated heterocycles. The minimum atomic E-state index is -0.285. The van der Waals surface area contributed by atoms with Crippen LogP contribution in [0, 0.1) is 5.92 Å². The molecule has 1 aliphatic rings. The molecule has 3 N–H and O–H groups in total. The zero-order valence-electron chi connectivity index (χ0n) is 9.66. The lowest BCUT2D eigenvalue weighted by molar-refractivity contribution is -0.124. The Kier molecular flexibility index (Phi) is 5.05. The second kappa shape index (κ2) is 6.08. The number of amides is 1. The van der Waals surface area contributed by atoms with Crippen molar-refractivity contribution in [3.8, 4) is 0 Å². The lowest BCUT2D eigenvalue weighted by Gasteiger charge is -2.31. The molecule has 0 aromatic heterocycles. The molecule has 0 heterocycles. The molecular weight excluding hydrogens is 192 g/mol. The van der Waals surface area contributed by atoms with Gasteiger partial charge in [0.25, 0.3) is 0 Å². The molecule has 4 heteroatoms. The molecule has 0 radical (unpaired) electrons. The summed E-state index contributed by atoms with van der Waals surface area (Å²) in [5, 5.41) is 3.27. The zero-order valence-corrected chi connectivity index (χ0v) is 9.66. The smallest absolute Gasteiger partial charge is 0.222 e. The van der Waals surface area contributed by atoms with Gasteiger partial charge in [-0.3, -0.25) is 4.79 Å². The highest BCUT2D eigenvalue weighted by molar-refractivity contribution is 5.76. The van der Waals surface area contributed by atoms with Crippen LogP contribution in [0.15, 0.2) is 0 Å². The van der Waals surface area contributed by atoms with E-state index < -0.39 is 0 Å². The van der Waals surface area contributed by atoms with E-state index in [-0.39, 0.29) is 17.9 Å². The van der Waals surface area contributed by atoms with Crippen molar-refractivity contribution in [2.75, 3.05) is 13.7 Å². The molecule has 1 amide bonds. The fourth-order valence-electron chi connectivity index (χ4n) is 1.98. The van der Waals surface area contributed by atoms with Gasteiger partial charge in [-0.15, -0.1) is 0 Å². The van der Waals surface area contributed by atoms with Gasteiger partial charge in [0.05, 0.1) is 18.6 Å². The van der Waals surface area contributed by atoms with Gasteiger partial charge < -0.3 is 15.8 Å². The van der Waals surface area contributed by atoms with Gasteiger partial charge in [-0.05, 0) is 19.9 Å². The second-order valence-corrected chi connectivity index (χ2v) is 4.35. The summed E-state index contributed by atoms with van der Waals surface area (Å²) in [5.41, 5.74) is 5.18. The van der Waals surface area contributed by atoms with Crippen LogP contribution in [0.4, 0.5) is 0 Å². The molecule has 0 aromatic rings. The van der Waals surface area contributed by atoms with E-state index in [4.69, 9.17) is 10.5 Å². The van der Waals surface area contributed by atoms with Crippen LogP contribution in [-0.2, 0) is 9.53 Å². The Bertz CT molecular complexity index is 209. The summed E-state index contributed by atoms with van der Waals surface area (Å²) in [6.07, 6.45) is 4.96. The normalized spacial score (nSPS) is 28.7. The molecule has 4 nitrogen and oxygen atoms in total. The first-order valence-corrected chi connectivity index (χ1v) is 5.73. The van der Waals surface area contributed by atoms with E-state index in [0.29, 0.717) is 12.6 Å².